The van der Waals surface area contributed by atoms with E-state index in [1.54, 1.807) is 12.4 Å². The zero-order valence-corrected chi connectivity index (χ0v) is 15.3. The molecule has 0 bridgehead atoms. The Morgan fingerprint density at radius 2 is 1.85 bits per heavy atom. The number of nitrogens with zero attached hydrogens (tertiary/aromatic N) is 5. The van der Waals surface area contributed by atoms with Gasteiger partial charge in [-0.2, -0.15) is 0 Å². The molecule has 0 atom stereocenters. The van der Waals surface area contributed by atoms with Crippen LogP contribution >= 0.6 is 11.8 Å². The van der Waals surface area contributed by atoms with Crippen LogP contribution in [0.25, 0.3) is 22.3 Å². The number of aromatic nitrogens is 5. The van der Waals surface area contributed by atoms with E-state index >= 15 is 0 Å². The van der Waals surface area contributed by atoms with E-state index in [4.69, 9.17) is 0 Å². The first-order valence-corrected chi connectivity index (χ1v) is 9.13. The van der Waals surface area contributed by atoms with Crippen molar-refractivity contribution in [2.45, 2.75) is 5.16 Å². The summed E-state index contributed by atoms with van der Waals surface area (Å²) in [6.45, 7) is 0. The number of ketones is 1. The second-order valence-corrected chi connectivity index (χ2v) is 6.93. The first-order valence-electron chi connectivity index (χ1n) is 8.15. The molecule has 3 aromatic heterocycles. The van der Waals surface area contributed by atoms with Crippen molar-refractivity contribution < 1.29 is 4.79 Å². The summed E-state index contributed by atoms with van der Waals surface area (Å²) in [6, 6.07) is 11.7. The van der Waals surface area contributed by atoms with Crippen molar-refractivity contribution in [1.82, 2.24) is 24.3 Å². The number of pyridine rings is 1. The van der Waals surface area contributed by atoms with E-state index in [9.17, 15) is 4.79 Å². The van der Waals surface area contributed by atoms with E-state index < -0.39 is 0 Å². The van der Waals surface area contributed by atoms with Crippen molar-refractivity contribution in [3.05, 3.63) is 60.6 Å². The molecule has 26 heavy (non-hydrogen) atoms. The number of carbonyl (C=O) groups is 1. The van der Waals surface area contributed by atoms with E-state index in [-0.39, 0.29) is 5.78 Å². The number of para-hydroxylation sites is 1. The Labute approximate surface area is 154 Å². The van der Waals surface area contributed by atoms with Crippen LogP contribution in [0.1, 0.15) is 10.4 Å². The molecule has 7 heteroatoms. The number of carbonyl (C=O) groups excluding carboxylic acids is 1. The molecule has 1 aromatic carbocycles. The highest BCUT2D eigenvalue weighted by Crippen LogP contribution is 2.25. The Morgan fingerprint density at radius 3 is 2.65 bits per heavy atom. The van der Waals surface area contributed by atoms with E-state index in [1.165, 1.54) is 11.8 Å². The number of rotatable bonds is 5. The van der Waals surface area contributed by atoms with Gasteiger partial charge in [0.1, 0.15) is 0 Å². The summed E-state index contributed by atoms with van der Waals surface area (Å²) in [5.74, 6) is 1.16. The van der Waals surface area contributed by atoms with Crippen LogP contribution in [0, 0.1) is 0 Å². The number of benzene rings is 1. The topological polar surface area (TPSA) is 65.6 Å². The van der Waals surface area contributed by atoms with E-state index in [2.05, 4.69) is 15.2 Å². The van der Waals surface area contributed by atoms with Gasteiger partial charge in [-0.15, -0.1) is 10.2 Å². The van der Waals surface area contributed by atoms with Crippen molar-refractivity contribution in [2.75, 3.05) is 5.75 Å². The van der Waals surface area contributed by atoms with E-state index in [1.807, 2.05) is 65.8 Å². The summed E-state index contributed by atoms with van der Waals surface area (Å²) in [7, 11) is 3.86. The maximum Gasteiger partial charge on any atom is 0.191 e. The third-order valence-corrected chi connectivity index (χ3v) is 5.32. The number of Topliss-reactive ketones (excluding diaryl/α,β-unsaturated/α-hetero) is 1. The van der Waals surface area contributed by atoms with E-state index in [0.717, 1.165) is 27.9 Å². The van der Waals surface area contributed by atoms with Gasteiger partial charge in [-0.3, -0.25) is 9.78 Å². The second-order valence-electron chi connectivity index (χ2n) is 5.98. The molecule has 0 spiro atoms. The molecule has 3 heterocycles. The van der Waals surface area contributed by atoms with Crippen LogP contribution in [0.4, 0.5) is 0 Å². The zero-order chi connectivity index (χ0) is 18.1. The summed E-state index contributed by atoms with van der Waals surface area (Å²) in [4.78, 5) is 16.8. The normalized spacial score (nSPS) is 11.2. The number of hydrogen-bond acceptors (Lipinski definition) is 5. The average molecular weight is 363 g/mol. The molecule has 0 unspecified atom stereocenters. The highest BCUT2D eigenvalue weighted by Gasteiger charge is 2.16. The Balaban J connectivity index is 1.54. The molecule has 6 nitrogen and oxygen atoms in total. The molecule has 0 aliphatic rings. The van der Waals surface area contributed by atoms with Crippen molar-refractivity contribution in [1.29, 1.82) is 0 Å². The standard InChI is InChI=1S/C19H17N5OS/c1-23-11-15(14-5-3-4-6-16(14)23)17(25)12-26-19-22-21-18(24(19)2)13-7-9-20-10-8-13/h3-11H,12H2,1-2H3. The summed E-state index contributed by atoms with van der Waals surface area (Å²) in [5, 5.41) is 10.2. The third-order valence-electron chi connectivity index (χ3n) is 4.30. The Bertz CT molecular complexity index is 1080. The summed E-state index contributed by atoms with van der Waals surface area (Å²) in [6.07, 6.45) is 5.34. The molecule has 0 fully saturated rings. The smallest absolute Gasteiger partial charge is 0.191 e. The van der Waals surface area contributed by atoms with Crippen molar-refractivity contribution >= 4 is 28.4 Å². The minimum absolute atomic E-state index is 0.0836. The van der Waals surface area contributed by atoms with Gasteiger partial charge in [0.2, 0.25) is 0 Å². The third kappa shape index (κ3) is 2.90. The van der Waals surface area contributed by atoms with Gasteiger partial charge in [-0.25, -0.2) is 0 Å². The highest BCUT2D eigenvalue weighted by molar-refractivity contribution is 7.99. The Hall–Kier alpha value is -2.93. The SMILES string of the molecule is Cn1c(SCC(=O)c2cn(C)c3ccccc23)nnc1-c1ccncc1. The molecule has 0 saturated carbocycles. The highest BCUT2D eigenvalue weighted by atomic mass is 32.2. The molecule has 0 radical (unpaired) electrons. The summed E-state index contributed by atoms with van der Waals surface area (Å²) >= 11 is 1.40. The van der Waals surface area contributed by atoms with E-state index in [0.29, 0.717) is 10.9 Å². The zero-order valence-electron chi connectivity index (χ0n) is 14.5. The maximum absolute atomic E-state index is 12.7. The average Bonchev–Trinajstić information content (AvgIpc) is 3.21. The molecule has 0 saturated heterocycles. The van der Waals surface area contributed by atoms with Gasteiger partial charge in [0, 0.05) is 54.7 Å². The second kappa shape index (κ2) is 6.76. The molecule has 4 rings (SSSR count). The van der Waals surface area contributed by atoms with Crippen LogP contribution in [0.5, 0.6) is 0 Å². The molecule has 0 aliphatic heterocycles. The van der Waals surface area contributed by atoms with Gasteiger partial charge in [-0.1, -0.05) is 30.0 Å². The first-order chi connectivity index (χ1) is 12.6. The van der Waals surface area contributed by atoms with Crippen LogP contribution in [-0.2, 0) is 14.1 Å². The lowest BCUT2D eigenvalue weighted by Crippen LogP contribution is -2.03. The van der Waals surface area contributed by atoms with Crippen molar-refractivity contribution in [3.63, 3.8) is 0 Å². The minimum atomic E-state index is 0.0836. The van der Waals surface area contributed by atoms with Crippen LogP contribution < -0.4 is 0 Å². The fourth-order valence-electron chi connectivity index (χ4n) is 2.96. The quantitative estimate of drug-likeness (QED) is 0.402. The fourth-order valence-corrected chi connectivity index (χ4v) is 3.76. The molecule has 0 N–H and O–H groups in total. The molecular weight excluding hydrogens is 346 g/mol. The number of thioether (sulfide) groups is 1. The molecular formula is C19H17N5OS. The van der Waals surface area contributed by atoms with Gasteiger partial charge in [0.25, 0.3) is 0 Å². The molecule has 0 amide bonds. The maximum atomic E-state index is 12.7. The lowest BCUT2D eigenvalue weighted by Gasteiger charge is -2.03. The number of fused-ring (bicyclic) bond motifs is 1. The number of hydrogen-bond donors (Lipinski definition) is 0. The largest absolute Gasteiger partial charge is 0.350 e. The van der Waals surface area contributed by atoms with Crippen LogP contribution in [0.3, 0.4) is 0 Å². The molecule has 0 aliphatic carbocycles. The predicted molar refractivity (Wildman–Crippen MR) is 102 cm³/mol. The van der Waals surface area contributed by atoms with Crippen LogP contribution in [0.15, 0.2) is 60.1 Å². The first kappa shape index (κ1) is 16.5. The van der Waals surface area contributed by atoms with Crippen molar-refractivity contribution in [3.8, 4) is 11.4 Å². The fraction of sp³-hybridized carbons (Fsp3) is 0.158. The Morgan fingerprint density at radius 1 is 1.08 bits per heavy atom. The minimum Gasteiger partial charge on any atom is -0.350 e. The van der Waals surface area contributed by atoms with Gasteiger partial charge < -0.3 is 9.13 Å². The van der Waals surface area contributed by atoms with Crippen LogP contribution in [-0.4, -0.2) is 35.9 Å². The summed E-state index contributed by atoms with van der Waals surface area (Å²) in [5.41, 5.74) is 2.74. The monoisotopic (exact) mass is 363 g/mol. The predicted octanol–water partition coefficient (Wildman–Crippen LogP) is 3.34. The van der Waals surface area contributed by atoms with Gasteiger partial charge in [0.05, 0.1) is 5.75 Å². The Kier molecular flexibility index (Phi) is 4.30. The van der Waals surface area contributed by atoms with Crippen LogP contribution in [0.2, 0.25) is 0 Å². The van der Waals surface area contributed by atoms with Crippen molar-refractivity contribution in [2.24, 2.45) is 14.1 Å². The lowest BCUT2D eigenvalue weighted by molar-refractivity contribution is 0.102. The number of aryl methyl sites for hydroxylation is 1. The molecule has 130 valence electrons. The summed E-state index contributed by atoms with van der Waals surface area (Å²) < 4.78 is 3.88. The van der Waals surface area contributed by atoms with Gasteiger partial charge in [-0.05, 0) is 18.2 Å². The molecule has 4 aromatic rings. The van der Waals surface area contributed by atoms with Gasteiger partial charge in [0.15, 0.2) is 16.8 Å². The lowest BCUT2D eigenvalue weighted by atomic mass is 10.1. The van der Waals surface area contributed by atoms with Gasteiger partial charge >= 0.3 is 0 Å².